The number of piperidine rings is 1. The van der Waals surface area contributed by atoms with Crippen molar-refractivity contribution in [3.05, 3.63) is 39.9 Å². The molecule has 0 aromatic heterocycles. The van der Waals surface area contributed by atoms with Crippen LogP contribution in [-0.4, -0.2) is 83.0 Å². The summed E-state index contributed by atoms with van der Waals surface area (Å²) in [5.74, 6) is -0.0210. The number of halogens is 2. The molecule has 1 aromatic rings. The molecule has 1 N–H and O–H groups in total. The number of hydrogen-bond donors (Lipinski definition) is 1. The van der Waals surface area contributed by atoms with Crippen molar-refractivity contribution in [2.45, 2.75) is 44.8 Å². The van der Waals surface area contributed by atoms with Crippen LogP contribution in [0.3, 0.4) is 0 Å². The van der Waals surface area contributed by atoms with Gasteiger partial charge in [0.05, 0.1) is 16.1 Å². The van der Waals surface area contributed by atoms with Gasteiger partial charge >= 0.3 is 0 Å². The highest BCUT2D eigenvalue weighted by Gasteiger charge is 2.26. The Hall–Kier alpha value is -1.60. The summed E-state index contributed by atoms with van der Waals surface area (Å²) in [5, 5.41) is 11.0. The van der Waals surface area contributed by atoms with Gasteiger partial charge in [-0.05, 0) is 56.5 Å². The molecule has 0 aliphatic carbocycles. The number of carbonyl (C=O) groups is 2. The van der Waals surface area contributed by atoms with Gasteiger partial charge in [0.25, 0.3) is 0 Å². The quantitative estimate of drug-likeness (QED) is 0.651. The highest BCUT2D eigenvalue weighted by Crippen LogP contribution is 2.23. The first-order chi connectivity index (χ1) is 14.8. The van der Waals surface area contributed by atoms with E-state index < -0.39 is 0 Å². The zero-order chi connectivity index (χ0) is 22.4. The van der Waals surface area contributed by atoms with Crippen LogP contribution in [-0.2, 0) is 9.59 Å². The molecule has 170 valence electrons. The smallest absolute Gasteiger partial charge is 0.246 e. The van der Waals surface area contributed by atoms with Crippen LogP contribution in [0.25, 0.3) is 6.08 Å². The van der Waals surface area contributed by atoms with Crippen LogP contribution < -0.4 is 0 Å². The zero-order valence-corrected chi connectivity index (χ0v) is 19.5. The van der Waals surface area contributed by atoms with Gasteiger partial charge in [0.2, 0.25) is 11.8 Å². The van der Waals surface area contributed by atoms with Gasteiger partial charge in [-0.1, -0.05) is 29.3 Å². The Morgan fingerprint density at radius 3 is 2.74 bits per heavy atom. The molecule has 2 aliphatic heterocycles. The second-order valence-corrected chi connectivity index (χ2v) is 9.12. The first-order valence-corrected chi connectivity index (χ1v) is 11.7. The van der Waals surface area contributed by atoms with Crippen molar-refractivity contribution < 1.29 is 14.7 Å². The van der Waals surface area contributed by atoms with Gasteiger partial charge in [-0.25, -0.2) is 0 Å². The van der Waals surface area contributed by atoms with Crippen molar-refractivity contribution in [3.8, 4) is 0 Å². The minimum absolute atomic E-state index is 0.0930. The third-order valence-corrected chi connectivity index (χ3v) is 6.95. The maximum Gasteiger partial charge on any atom is 0.246 e. The van der Waals surface area contributed by atoms with Crippen molar-refractivity contribution >= 4 is 41.1 Å². The average Bonchev–Trinajstić information content (AvgIpc) is 2.93. The van der Waals surface area contributed by atoms with E-state index in [9.17, 15) is 14.7 Å². The Morgan fingerprint density at radius 1 is 1.16 bits per heavy atom. The molecule has 1 aromatic carbocycles. The van der Waals surface area contributed by atoms with E-state index in [0.29, 0.717) is 42.6 Å². The Bertz CT molecular complexity index is 817. The molecule has 6 nitrogen and oxygen atoms in total. The molecular formula is C23H31Cl2N3O3. The summed E-state index contributed by atoms with van der Waals surface area (Å²) in [6.45, 7) is 6.11. The Morgan fingerprint density at radius 2 is 1.97 bits per heavy atom. The predicted molar refractivity (Wildman–Crippen MR) is 124 cm³/mol. The van der Waals surface area contributed by atoms with Gasteiger partial charge in [-0.2, -0.15) is 0 Å². The molecule has 0 spiro atoms. The van der Waals surface area contributed by atoms with E-state index in [-0.39, 0.29) is 24.0 Å². The lowest BCUT2D eigenvalue weighted by Crippen LogP contribution is -2.47. The lowest BCUT2D eigenvalue weighted by Gasteiger charge is -2.37. The molecular weight excluding hydrogens is 437 g/mol. The molecule has 2 fully saturated rings. The summed E-state index contributed by atoms with van der Waals surface area (Å²) >= 11 is 11.9. The number of carbonyl (C=O) groups excluding carboxylic acids is 2. The van der Waals surface area contributed by atoms with Crippen molar-refractivity contribution in [1.82, 2.24) is 14.7 Å². The van der Waals surface area contributed by atoms with Crippen LogP contribution in [0.2, 0.25) is 10.0 Å². The predicted octanol–water partition coefficient (Wildman–Crippen LogP) is 3.30. The lowest BCUT2D eigenvalue weighted by atomic mass is 10.0. The highest BCUT2D eigenvalue weighted by atomic mass is 35.5. The van der Waals surface area contributed by atoms with Gasteiger partial charge < -0.3 is 14.9 Å². The molecule has 31 heavy (non-hydrogen) atoms. The Kier molecular flexibility index (Phi) is 8.78. The van der Waals surface area contributed by atoms with Gasteiger partial charge in [-0.3, -0.25) is 14.5 Å². The highest BCUT2D eigenvalue weighted by molar-refractivity contribution is 6.42. The minimum atomic E-state index is -0.259. The van der Waals surface area contributed by atoms with Gasteiger partial charge in [-0.15, -0.1) is 0 Å². The molecule has 0 unspecified atom stereocenters. The normalized spacial score (nSPS) is 23.4. The molecule has 3 rings (SSSR count). The van der Waals surface area contributed by atoms with Gasteiger partial charge in [0.1, 0.15) is 0 Å². The molecule has 2 saturated heterocycles. The summed E-state index contributed by atoms with van der Waals surface area (Å²) < 4.78 is 0. The summed E-state index contributed by atoms with van der Waals surface area (Å²) in [4.78, 5) is 31.0. The number of aliphatic hydroxyl groups is 1. The molecule has 2 aliphatic rings. The minimum Gasteiger partial charge on any atom is -0.392 e. The number of hydrogen-bond acceptors (Lipinski definition) is 4. The number of nitrogens with zero attached hydrogens (tertiary/aromatic N) is 3. The largest absolute Gasteiger partial charge is 0.392 e. The van der Waals surface area contributed by atoms with Crippen LogP contribution in [0.1, 0.15) is 38.2 Å². The van der Waals surface area contributed by atoms with Crippen LogP contribution in [0.5, 0.6) is 0 Å². The summed E-state index contributed by atoms with van der Waals surface area (Å²) in [6.07, 6.45) is 6.06. The second-order valence-electron chi connectivity index (χ2n) is 8.30. The average molecular weight is 468 g/mol. The SMILES string of the molecule is C[C@@H]1[C@@H](O)CCCN1CCCN1CCN(C(=O)/C=C/c2ccc(Cl)c(Cl)c2)CCC1=O. The fraction of sp³-hybridized carbons (Fsp3) is 0.565. The fourth-order valence-corrected chi connectivity index (χ4v) is 4.49. The van der Waals surface area contributed by atoms with Crippen LogP contribution in [0, 0.1) is 0 Å². The molecule has 2 atom stereocenters. The maximum atomic E-state index is 12.6. The second kappa shape index (κ2) is 11.3. The zero-order valence-electron chi connectivity index (χ0n) is 18.0. The van der Waals surface area contributed by atoms with Gasteiger partial charge in [0.15, 0.2) is 0 Å². The molecule has 0 saturated carbocycles. The standard InChI is InChI=1S/C23H31Cl2N3O3/c1-17-21(29)4-2-10-26(17)11-3-12-27-14-15-28(13-9-23(27)31)22(30)8-6-18-5-7-19(24)20(25)16-18/h5-8,16-17,21,29H,2-4,9-15H2,1H3/b8-6+/t17-,21+/m1/s1. The van der Waals surface area contributed by atoms with E-state index in [2.05, 4.69) is 11.8 Å². The van der Waals surface area contributed by atoms with E-state index in [4.69, 9.17) is 23.2 Å². The van der Waals surface area contributed by atoms with Crippen molar-refractivity contribution in [2.24, 2.45) is 0 Å². The summed E-state index contributed by atoms with van der Waals surface area (Å²) in [5.41, 5.74) is 0.798. The molecule has 2 heterocycles. The monoisotopic (exact) mass is 467 g/mol. The summed E-state index contributed by atoms with van der Waals surface area (Å²) in [7, 11) is 0. The first kappa shape index (κ1) is 24.1. The van der Waals surface area contributed by atoms with Crippen LogP contribution in [0.4, 0.5) is 0 Å². The fourth-order valence-electron chi connectivity index (χ4n) is 4.18. The van der Waals surface area contributed by atoms with E-state index in [0.717, 1.165) is 37.9 Å². The summed E-state index contributed by atoms with van der Waals surface area (Å²) in [6, 6.07) is 5.38. The van der Waals surface area contributed by atoms with E-state index in [1.807, 2.05) is 4.90 Å². The number of likely N-dealkylation sites (tertiary alicyclic amines) is 1. The molecule has 0 bridgehead atoms. The van der Waals surface area contributed by atoms with E-state index in [1.165, 1.54) is 6.08 Å². The molecule has 0 radical (unpaired) electrons. The van der Waals surface area contributed by atoms with Gasteiger partial charge in [0, 0.05) is 51.3 Å². The van der Waals surface area contributed by atoms with E-state index in [1.54, 1.807) is 29.2 Å². The number of amides is 2. The lowest BCUT2D eigenvalue weighted by molar-refractivity contribution is -0.130. The first-order valence-electron chi connectivity index (χ1n) is 11.0. The number of benzene rings is 1. The third-order valence-electron chi connectivity index (χ3n) is 6.21. The van der Waals surface area contributed by atoms with E-state index >= 15 is 0 Å². The third kappa shape index (κ3) is 6.69. The van der Waals surface area contributed by atoms with Crippen LogP contribution in [0.15, 0.2) is 24.3 Å². The van der Waals surface area contributed by atoms with Crippen LogP contribution >= 0.6 is 23.2 Å². The topological polar surface area (TPSA) is 64.1 Å². The molecule has 8 heteroatoms. The Balaban J connectivity index is 1.47. The molecule has 2 amide bonds. The maximum absolute atomic E-state index is 12.6. The van der Waals surface area contributed by atoms with Crippen molar-refractivity contribution in [1.29, 1.82) is 0 Å². The van der Waals surface area contributed by atoms with Crippen molar-refractivity contribution in [2.75, 3.05) is 39.3 Å². The van der Waals surface area contributed by atoms with Crippen molar-refractivity contribution in [3.63, 3.8) is 0 Å². The Labute approximate surface area is 194 Å². The number of aliphatic hydroxyl groups excluding tert-OH is 1. The number of rotatable bonds is 6.